The van der Waals surface area contributed by atoms with Crippen molar-refractivity contribution in [1.82, 2.24) is 9.97 Å². The van der Waals surface area contributed by atoms with E-state index in [0.29, 0.717) is 0 Å². The number of anilines is 2. The molecule has 92 valence electrons. The fraction of sp³-hybridized carbons (Fsp3) is 0.538. The maximum absolute atomic E-state index is 4.36. The van der Waals surface area contributed by atoms with Crippen molar-refractivity contribution in [2.45, 2.75) is 25.7 Å². The number of hydrogen-bond donors (Lipinski definition) is 1. The van der Waals surface area contributed by atoms with E-state index in [-0.39, 0.29) is 0 Å². The lowest BCUT2D eigenvalue weighted by atomic mass is 10.2. The number of hydrogen-bond acceptors (Lipinski definition) is 4. The van der Waals surface area contributed by atoms with Gasteiger partial charge in [0.15, 0.2) is 0 Å². The average Bonchev–Trinajstić information content (AvgIpc) is 2.65. The van der Waals surface area contributed by atoms with Gasteiger partial charge in [-0.25, -0.2) is 9.97 Å². The number of nitrogens with one attached hydrogen (secondary N) is 1. The topological polar surface area (TPSA) is 41.0 Å². The Morgan fingerprint density at radius 2 is 2.00 bits per heavy atom. The largest absolute Gasteiger partial charge is 0.366 e. The summed E-state index contributed by atoms with van der Waals surface area (Å²) in [4.78, 5) is 10.9. The second-order valence-corrected chi connectivity index (χ2v) is 4.33. The molecule has 4 heteroatoms. The van der Waals surface area contributed by atoms with Crippen LogP contribution in [0.15, 0.2) is 25.0 Å². The Bertz CT molecular complexity index is 356. The normalized spacial score (nSPS) is 16.4. The lowest BCUT2D eigenvalue weighted by molar-refractivity contribution is 0.726. The highest BCUT2D eigenvalue weighted by molar-refractivity contribution is 5.48. The van der Waals surface area contributed by atoms with Crippen LogP contribution in [0, 0.1) is 0 Å². The van der Waals surface area contributed by atoms with E-state index >= 15 is 0 Å². The molecule has 0 radical (unpaired) electrons. The van der Waals surface area contributed by atoms with E-state index in [1.54, 1.807) is 6.33 Å². The summed E-state index contributed by atoms with van der Waals surface area (Å²) in [5, 5.41) is 3.19. The molecule has 0 atom stereocenters. The zero-order valence-corrected chi connectivity index (χ0v) is 10.2. The molecule has 4 nitrogen and oxygen atoms in total. The van der Waals surface area contributed by atoms with Crippen LogP contribution >= 0.6 is 0 Å². The van der Waals surface area contributed by atoms with E-state index in [1.807, 2.05) is 12.1 Å². The van der Waals surface area contributed by atoms with Crippen LogP contribution in [0.25, 0.3) is 0 Å². The first-order valence-electron chi connectivity index (χ1n) is 6.32. The molecule has 1 aliphatic rings. The summed E-state index contributed by atoms with van der Waals surface area (Å²) in [6, 6.07) is 2.02. The Hall–Kier alpha value is -1.58. The summed E-state index contributed by atoms with van der Waals surface area (Å²) in [7, 11) is 0. The highest BCUT2D eigenvalue weighted by Gasteiger charge is 2.11. The van der Waals surface area contributed by atoms with Gasteiger partial charge in [0.2, 0.25) is 0 Å². The fourth-order valence-corrected chi connectivity index (χ4v) is 2.09. The van der Waals surface area contributed by atoms with Gasteiger partial charge in [-0.2, -0.15) is 0 Å². The second kappa shape index (κ2) is 6.23. The summed E-state index contributed by atoms with van der Waals surface area (Å²) >= 11 is 0. The van der Waals surface area contributed by atoms with Gasteiger partial charge in [0.05, 0.1) is 0 Å². The van der Waals surface area contributed by atoms with Crippen LogP contribution in [0.5, 0.6) is 0 Å². The molecule has 1 saturated heterocycles. The van der Waals surface area contributed by atoms with Crippen molar-refractivity contribution in [1.29, 1.82) is 0 Å². The van der Waals surface area contributed by atoms with Gasteiger partial charge in [0.25, 0.3) is 0 Å². The van der Waals surface area contributed by atoms with Gasteiger partial charge >= 0.3 is 0 Å². The summed E-state index contributed by atoms with van der Waals surface area (Å²) in [5.74, 6) is 1.91. The Kier molecular flexibility index (Phi) is 4.36. The predicted octanol–water partition coefficient (Wildman–Crippen LogP) is 2.45. The van der Waals surface area contributed by atoms with Gasteiger partial charge in [-0.1, -0.05) is 18.9 Å². The summed E-state index contributed by atoms with van der Waals surface area (Å²) < 4.78 is 0. The molecule has 2 heterocycles. The quantitative estimate of drug-likeness (QED) is 0.810. The molecule has 1 aliphatic heterocycles. The van der Waals surface area contributed by atoms with Gasteiger partial charge in [0, 0.05) is 25.7 Å². The van der Waals surface area contributed by atoms with Crippen molar-refractivity contribution < 1.29 is 0 Å². The van der Waals surface area contributed by atoms with Crippen LogP contribution in [0.1, 0.15) is 25.7 Å². The van der Waals surface area contributed by atoms with Gasteiger partial charge in [-0.05, 0) is 12.8 Å². The third-order valence-corrected chi connectivity index (χ3v) is 3.01. The van der Waals surface area contributed by atoms with Crippen LogP contribution in [-0.2, 0) is 0 Å². The molecule has 0 bridgehead atoms. The van der Waals surface area contributed by atoms with Crippen molar-refractivity contribution >= 4 is 11.6 Å². The standard InChI is InChI=1S/C13H20N4/c1-2-7-14-12-10-13(16-11-15-12)17-8-5-3-4-6-9-17/h2,10-11H,1,3-9H2,(H,14,15,16). The third kappa shape index (κ3) is 3.44. The van der Waals surface area contributed by atoms with E-state index in [9.17, 15) is 0 Å². The summed E-state index contributed by atoms with van der Waals surface area (Å²) in [5.41, 5.74) is 0. The first kappa shape index (κ1) is 11.9. The molecule has 2 rings (SSSR count). The Labute approximate surface area is 103 Å². The molecule has 0 aromatic carbocycles. The van der Waals surface area contributed by atoms with Gasteiger partial charge in [0.1, 0.15) is 18.0 Å². The van der Waals surface area contributed by atoms with Crippen molar-refractivity contribution in [3.63, 3.8) is 0 Å². The molecule has 1 N–H and O–H groups in total. The van der Waals surface area contributed by atoms with Crippen LogP contribution in [0.3, 0.4) is 0 Å². The highest BCUT2D eigenvalue weighted by atomic mass is 15.2. The second-order valence-electron chi connectivity index (χ2n) is 4.33. The van der Waals surface area contributed by atoms with E-state index in [1.165, 1.54) is 25.7 Å². The maximum Gasteiger partial charge on any atom is 0.134 e. The van der Waals surface area contributed by atoms with Gasteiger partial charge < -0.3 is 10.2 Å². The molecule has 17 heavy (non-hydrogen) atoms. The third-order valence-electron chi connectivity index (χ3n) is 3.01. The lowest BCUT2D eigenvalue weighted by Crippen LogP contribution is -2.25. The average molecular weight is 232 g/mol. The monoisotopic (exact) mass is 232 g/mol. The van der Waals surface area contributed by atoms with E-state index in [2.05, 4.69) is 26.8 Å². The molecular weight excluding hydrogens is 212 g/mol. The van der Waals surface area contributed by atoms with Crippen LogP contribution in [-0.4, -0.2) is 29.6 Å². The summed E-state index contributed by atoms with van der Waals surface area (Å²) in [6.45, 7) is 6.63. The predicted molar refractivity (Wildman–Crippen MR) is 71.4 cm³/mol. The molecule has 1 fully saturated rings. The molecule has 0 spiro atoms. The Morgan fingerprint density at radius 1 is 1.24 bits per heavy atom. The minimum absolute atomic E-state index is 0.733. The van der Waals surface area contributed by atoms with Crippen LogP contribution in [0.2, 0.25) is 0 Å². The molecular formula is C13H20N4. The van der Waals surface area contributed by atoms with Crippen molar-refractivity contribution in [2.75, 3.05) is 29.9 Å². The first-order valence-corrected chi connectivity index (χ1v) is 6.32. The Balaban J connectivity index is 2.05. The van der Waals surface area contributed by atoms with Crippen molar-refractivity contribution in [3.8, 4) is 0 Å². The van der Waals surface area contributed by atoms with Gasteiger partial charge in [-0.15, -0.1) is 6.58 Å². The highest BCUT2D eigenvalue weighted by Crippen LogP contribution is 2.18. The fourth-order valence-electron chi connectivity index (χ4n) is 2.09. The minimum Gasteiger partial charge on any atom is -0.366 e. The molecule has 0 aliphatic carbocycles. The zero-order valence-electron chi connectivity index (χ0n) is 10.2. The molecule has 0 unspecified atom stereocenters. The number of rotatable bonds is 4. The van der Waals surface area contributed by atoms with Crippen LogP contribution in [0.4, 0.5) is 11.6 Å². The van der Waals surface area contributed by atoms with Crippen molar-refractivity contribution in [2.24, 2.45) is 0 Å². The molecule has 1 aromatic rings. The lowest BCUT2D eigenvalue weighted by Gasteiger charge is -2.21. The number of aromatic nitrogens is 2. The number of nitrogens with zero attached hydrogens (tertiary/aromatic N) is 3. The van der Waals surface area contributed by atoms with Crippen molar-refractivity contribution in [3.05, 3.63) is 25.0 Å². The smallest absolute Gasteiger partial charge is 0.134 e. The van der Waals surface area contributed by atoms with Crippen LogP contribution < -0.4 is 10.2 Å². The van der Waals surface area contributed by atoms with E-state index in [0.717, 1.165) is 31.3 Å². The maximum atomic E-state index is 4.36. The van der Waals surface area contributed by atoms with E-state index < -0.39 is 0 Å². The molecule has 0 amide bonds. The molecule has 1 aromatic heterocycles. The minimum atomic E-state index is 0.733. The zero-order chi connectivity index (χ0) is 11.9. The SMILES string of the molecule is C=CCNc1cc(N2CCCCCC2)ncn1. The van der Waals surface area contributed by atoms with E-state index in [4.69, 9.17) is 0 Å². The first-order chi connectivity index (χ1) is 8.40. The Morgan fingerprint density at radius 3 is 2.71 bits per heavy atom. The molecule has 0 saturated carbocycles. The summed E-state index contributed by atoms with van der Waals surface area (Å²) in [6.07, 6.45) is 8.66. The van der Waals surface area contributed by atoms with Gasteiger partial charge in [-0.3, -0.25) is 0 Å².